The number of amides is 1. The van der Waals surface area contributed by atoms with E-state index in [1.165, 1.54) is 7.11 Å². The molecule has 3 rings (SSSR count). The summed E-state index contributed by atoms with van der Waals surface area (Å²) in [6.07, 6.45) is 1.54. The number of rotatable bonds is 8. The molecule has 0 spiro atoms. The predicted octanol–water partition coefficient (Wildman–Crippen LogP) is 3.56. The fraction of sp³-hybridized carbons (Fsp3) is 0.417. The van der Waals surface area contributed by atoms with Crippen LogP contribution < -0.4 is 19.1 Å². The molecule has 0 bridgehead atoms. The summed E-state index contributed by atoms with van der Waals surface area (Å²) in [6, 6.07) is 11.5. The van der Waals surface area contributed by atoms with Gasteiger partial charge in [-0.3, -0.25) is 9.59 Å². The van der Waals surface area contributed by atoms with Gasteiger partial charge in [-0.25, -0.2) is 0 Å². The third-order valence-electron chi connectivity index (χ3n) is 5.37. The normalized spacial score (nSPS) is 13.7. The second-order valence-corrected chi connectivity index (χ2v) is 7.39. The molecule has 1 unspecified atom stereocenters. The number of benzene rings is 2. The number of anilines is 1. The maximum Gasteiger partial charge on any atom is 0.306 e. The lowest BCUT2D eigenvalue weighted by atomic mass is 10.0. The number of carbonyl (C=O) groups excluding carboxylic acids is 2. The molecule has 1 heterocycles. The van der Waals surface area contributed by atoms with Crippen LogP contribution in [0, 0.1) is 0 Å². The summed E-state index contributed by atoms with van der Waals surface area (Å²) in [4.78, 5) is 27.0. The minimum atomic E-state index is -0.849. The third-order valence-corrected chi connectivity index (χ3v) is 5.37. The maximum atomic E-state index is 12.9. The minimum Gasteiger partial charge on any atom is -0.493 e. The van der Waals surface area contributed by atoms with E-state index < -0.39 is 12.1 Å². The van der Waals surface area contributed by atoms with Crippen LogP contribution in [0.2, 0.25) is 0 Å². The van der Waals surface area contributed by atoms with Crippen LogP contribution in [0.5, 0.6) is 17.2 Å². The number of para-hydroxylation sites is 1. The van der Waals surface area contributed by atoms with Gasteiger partial charge in [0.15, 0.2) is 17.6 Å². The molecule has 31 heavy (non-hydrogen) atoms. The molecular formula is C24H29NO6. The Morgan fingerprint density at radius 2 is 1.71 bits per heavy atom. The van der Waals surface area contributed by atoms with E-state index in [9.17, 15) is 9.59 Å². The van der Waals surface area contributed by atoms with Gasteiger partial charge in [0.1, 0.15) is 0 Å². The van der Waals surface area contributed by atoms with Crippen molar-refractivity contribution in [2.75, 3.05) is 32.8 Å². The first-order valence-corrected chi connectivity index (χ1v) is 10.4. The van der Waals surface area contributed by atoms with Gasteiger partial charge in [0.05, 0.1) is 21.3 Å². The van der Waals surface area contributed by atoms with Crippen LogP contribution in [-0.4, -0.2) is 45.9 Å². The average Bonchev–Trinajstić information content (AvgIpc) is 2.80. The van der Waals surface area contributed by atoms with Crippen molar-refractivity contribution in [1.82, 2.24) is 0 Å². The van der Waals surface area contributed by atoms with Crippen molar-refractivity contribution in [3.63, 3.8) is 0 Å². The van der Waals surface area contributed by atoms with E-state index in [0.717, 1.165) is 29.7 Å². The Hall–Kier alpha value is -3.22. The van der Waals surface area contributed by atoms with Gasteiger partial charge in [-0.05, 0) is 55.5 Å². The van der Waals surface area contributed by atoms with Crippen molar-refractivity contribution in [1.29, 1.82) is 0 Å². The Balaban J connectivity index is 1.61. The quantitative estimate of drug-likeness (QED) is 0.600. The zero-order valence-corrected chi connectivity index (χ0v) is 18.5. The number of hydrogen-bond acceptors (Lipinski definition) is 6. The van der Waals surface area contributed by atoms with Crippen LogP contribution in [0.3, 0.4) is 0 Å². The summed E-state index contributed by atoms with van der Waals surface area (Å²) < 4.78 is 21.5. The molecule has 1 aliphatic heterocycles. The molecule has 0 aliphatic carbocycles. The van der Waals surface area contributed by atoms with Crippen LogP contribution in [0.4, 0.5) is 5.69 Å². The van der Waals surface area contributed by atoms with Crippen LogP contribution in [0.1, 0.15) is 30.9 Å². The number of carbonyl (C=O) groups is 2. The van der Waals surface area contributed by atoms with Gasteiger partial charge in [-0.1, -0.05) is 18.2 Å². The second kappa shape index (κ2) is 10.2. The number of nitrogens with zero attached hydrogens (tertiary/aromatic N) is 1. The number of fused-ring (bicyclic) bond motifs is 1. The summed E-state index contributed by atoms with van der Waals surface area (Å²) >= 11 is 0. The van der Waals surface area contributed by atoms with Crippen molar-refractivity contribution in [2.24, 2.45) is 0 Å². The highest BCUT2D eigenvalue weighted by molar-refractivity contribution is 5.98. The Labute approximate surface area is 182 Å². The second-order valence-electron chi connectivity index (χ2n) is 7.39. The summed E-state index contributed by atoms with van der Waals surface area (Å²) in [6.45, 7) is 2.25. The predicted molar refractivity (Wildman–Crippen MR) is 117 cm³/mol. The highest BCUT2D eigenvalue weighted by atomic mass is 16.5. The SMILES string of the molecule is COc1cc(CCC(=O)OC(C)C(=O)N2CCCc3ccccc32)cc(OC)c1OC. The van der Waals surface area contributed by atoms with Crippen molar-refractivity contribution >= 4 is 17.6 Å². The number of ether oxygens (including phenoxy) is 4. The molecule has 0 N–H and O–H groups in total. The number of methoxy groups -OCH3 is 3. The Kier molecular flexibility index (Phi) is 7.39. The van der Waals surface area contributed by atoms with Crippen molar-refractivity contribution in [3.05, 3.63) is 47.5 Å². The van der Waals surface area contributed by atoms with Crippen LogP contribution >= 0.6 is 0 Å². The monoisotopic (exact) mass is 427 g/mol. The van der Waals surface area contributed by atoms with Crippen LogP contribution in [-0.2, 0) is 27.2 Å². The van der Waals surface area contributed by atoms with Gasteiger partial charge in [0, 0.05) is 18.7 Å². The van der Waals surface area contributed by atoms with E-state index in [1.54, 1.807) is 38.2 Å². The minimum absolute atomic E-state index is 0.132. The summed E-state index contributed by atoms with van der Waals surface area (Å²) in [5.41, 5.74) is 2.89. The highest BCUT2D eigenvalue weighted by Gasteiger charge is 2.28. The van der Waals surface area contributed by atoms with Gasteiger partial charge < -0.3 is 23.8 Å². The van der Waals surface area contributed by atoms with Gasteiger partial charge in [-0.15, -0.1) is 0 Å². The fourth-order valence-corrected chi connectivity index (χ4v) is 3.81. The van der Waals surface area contributed by atoms with Gasteiger partial charge >= 0.3 is 5.97 Å². The first-order chi connectivity index (χ1) is 15.0. The van der Waals surface area contributed by atoms with Crippen molar-refractivity contribution in [2.45, 2.75) is 38.7 Å². The molecule has 1 aliphatic rings. The zero-order chi connectivity index (χ0) is 22.4. The largest absolute Gasteiger partial charge is 0.493 e. The first-order valence-electron chi connectivity index (χ1n) is 10.4. The van der Waals surface area contributed by atoms with E-state index in [2.05, 4.69) is 0 Å². The molecular weight excluding hydrogens is 398 g/mol. The molecule has 166 valence electrons. The molecule has 1 amide bonds. The lowest BCUT2D eigenvalue weighted by molar-refractivity contribution is -0.153. The molecule has 2 aromatic carbocycles. The summed E-state index contributed by atoms with van der Waals surface area (Å²) in [5.74, 6) is 0.917. The molecule has 7 heteroatoms. The average molecular weight is 427 g/mol. The first kappa shape index (κ1) is 22.5. The summed E-state index contributed by atoms with van der Waals surface area (Å²) in [7, 11) is 4.62. The van der Waals surface area contributed by atoms with Crippen molar-refractivity contribution in [3.8, 4) is 17.2 Å². The standard InChI is InChI=1S/C24H29NO6/c1-16(24(27)25-13-7-9-18-8-5-6-10-19(18)25)31-22(26)12-11-17-14-20(28-2)23(30-4)21(15-17)29-3/h5-6,8,10,14-16H,7,9,11-13H2,1-4H3. The van der Waals surface area contributed by atoms with Crippen molar-refractivity contribution < 1.29 is 28.5 Å². The molecule has 0 aromatic heterocycles. The maximum absolute atomic E-state index is 12.9. The topological polar surface area (TPSA) is 74.3 Å². The van der Waals surface area contributed by atoms with Crippen LogP contribution in [0.25, 0.3) is 0 Å². The third kappa shape index (κ3) is 5.10. The van der Waals surface area contributed by atoms with Gasteiger partial charge in [0.2, 0.25) is 5.75 Å². The molecule has 2 aromatic rings. The zero-order valence-electron chi connectivity index (χ0n) is 18.5. The molecule has 0 saturated carbocycles. The van der Waals surface area contributed by atoms with E-state index in [1.807, 2.05) is 24.3 Å². The van der Waals surface area contributed by atoms with E-state index in [0.29, 0.717) is 30.2 Å². The number of hydrogen-bond donors (Lipinski definition) is 0. The van der Waals surface area contributed by atoms with Gasteiger partial charge in [0.25, 0.3) is 5.91 Å². The Morgan fingerprint density at radius 3 is 2.35 bits per heavy atom. The molecule has 7 nitrogen and oxygen atoms in total. The highest BCUT2D eigenvalue weighted by Crippen LogP contribution is 2.38. The van der Waals surface area contributed by atoms with E-state index >= 15 is 0 Å². The lowest BCUT2D eigenvalue weighted by Crippen LogP contribution is -2.42. The lowest BCUT2D eigenvalue weighted by Gasteiger charge is -2.31. The summed E-state index contributed by atoms with van der Waals surface area (Å²) in [5, 5.41) is 0. The number of aryl methyl sites for hydroxylation is 2. The molecule has 1 atom stereocenters. The molecule has 0 fully saturated rings. The smallest absolute Gasteiger partial charge is 0.306 e. The van der Waals surface area contributed by atoms with Gasteiger partial charge in [-0.2, -0.15) is 0 Å². The molecule has 0 saturated heterocycles. The number of esters is 1. The van der Waals surface area contributed by atoms with E-state index in [-0.39, 0.29) is 12.3 Å². The van der Waals surface area contributed by atoms with Crippen LogP contribution in [0.15, 0.2) is 36.4 Å². The van der Waals surface area contributed by atoms with E-state index in [4.69, 9.17) is 18.9 Å². The molecule has 0 radical (unpaired) electrons. The Morgan fingerprint density at radius 1 is 1.03 bits per heavy atom. The fourth-order valence-electron chi connectivity index (χ4n) is 3.81. The Bertz CT molecular complexity index is 916.